The van der Waals surface area contributed by atoms with Crippen molar-refractivity contribution in [2.75, 3.05) is 0 Å². The molecule has 1 aliphatic rings. The minimum Gasteiger partial charge on any atom is -0.478 e. The van der Waals surface area contributed by atoms with Gasteiger partial charge in [0.2, 0.25) is 5.72 Å². The Morgan fingerprint density at radius 2 is 1.75 bits per heavy atom. The molecular weight excluding hydrogens is 333 g/mol. The van der Waals surface area contributed by atoms with Gasteiger partial charge < -0.3 is 20.8 Å². The van der Waals surface area contributed by atoms with E-state index in [-0.39, 0.29) is 11.1 Å². The molecule has 1 heterocycles. The highest BCUT2D eigenvalue weighted by Crippen LogP contribution is 2.42. The van der Waals surface area contributed by atoms with E-state index in [0.29, 0.717) is 0 Å². The Kier molecular flexibility index (Phi) is 4.27. The molecular formula is C14H13F3N2O5. The monoisotopic (exact) mass is 346 g/mol. The molecule has 10 heteroatoms. The zero-order chi connectivity index (χ0) is 18.3. The van der Waals surface area contributed by atoms with E-state index in [0.717, 1.165) is 19.1 Å². The fourth-order valence-electron chi connectivity index (χ4n) is 2.64. The predicted octanol–water partition coefficient (Wildman–Crippen LogP) is 1.19. The lowest BCUT2D eigenvalue weighted by Crippen LogP contribution is -2.72. The Hall–Kier alpha value is -2.62. The van der Waals surface area contributed by atoms with Crippen LogP contribution in [0.5, 0.6) is 0 Å². The Morgan fingerprint density at radius 1 is 1.21 bits per heavy atom. The van der Waals surface area contributed by atoms with E-state index in [9.17, 15) is 32.7 Å². The number of benzene rings is 1. The molecule has 0 aromatic heterocycles. The normalized spacial score (nSPS) is 27.1. The summed E-state index contributed by atoms with van der Waals surface area (Å²) in [6.07, 6.45) is -5.29. The number of hydrogen-bond donors (Lipinski definition) is 4. The number of nitrogens with one attached hydrogen (secondary N) is 2. The largest absolute Gasteiger partial charge is 0.478 e. The summed E-state index contributed by atoms with van der Waals surface area (Å²) in [6.45, 7) is 0.860. The van der Waals surface area contributed by atoms with Gasteiger partial charge in [-0.2, -0.15) is 13.2 Å². The SMILES string of the molecule is CC(=O)[C@@H]1[C@@H](c2ccc(C(=O)O)cc2)NC(=O)N[C@]1(O)C(F)(F)F. The van der Waals surface area contributed by atoms with Gasteiger partial charge in [-0.15, -0.1) is 0 Å². The molecule has 1 saturated heterocycles. The van der Waals surface area contributed by atoms with Crippen LogP contribution in [0.4, 0.5) is 18.0 Å². The van der Waals surface area contributed by atoms with Crippen molar-refractivity contribution in [3.63, 3.8) is 0 Å². The second-order valence-electron chi connectivity index (χ2n) is 5.36. The van der Waals surface area contributed by atoms with E-state index in [1.807, 2.05) is 0 Å². The molecule has 7 nitrogen and oxygen atoms in total. The van der Waals surface area contributed by atoms with E-state index < -0.39 is 41.6 Å². The number of rotatable bonds is 3. The highest BCUT2D eigenvalue weighted by Gasteiger charge is 2.65. The number of carboxylic acid groups (broad SMARTS) is 1. The van der Waals surface area contributed by atoms with Crippen LogP contribution >= 0.6 is 0 Å². The van der Waals surface area contributed by atoms with Crippen molar-refractivity contribution < 1.29 is 37.8 Å². The molecule has 4 N–H and O–H groups in total. The number of carbonyl (C=O) groups is 3. The van der Waals surface area contributed by atoms with E-state index in [2.05, 4.69) is 5.32 Å². The maximum atomic E-state index is 13.2. The first kappa shape index (κ1) is 17.7. The summed E-state index contributed by atoms with van der Waals surface area (Å²) < 4.78 is 39.7. The van der Waals surface area contributed by atoms with Gasteiger partial charge in [0.1, 0.15) is 5.78 Å². The fourth-order valence-corrected chi connectivity index (χ4v) is 2.64. The molecule has 24 heavy (non-hydrogen) atoms. The molecule has 0 aliphatic carbocycles. The van der Waals surface area contributed by atoms with Crippen molar-refractivity contribution in [3.8, 4) is 0 Å². The molecule has 1 aromatic carbocycles. The molecule has 130 valence electrons. The highest BCUT2D eigenvalue weighted by molar-refractivity contribution is 5.88. The average molecular weight is 346 g/mol. The van der Waals surface area contributed by atoms with Gasteiger partial charge in [0.05, 0.1) is 17.5 Å². The number of ketones is 1. The Bertz CT molecular complexity index is 689. The zero-order valence-electron chi connectivity index (χ0n) is 12.2. The number of carboxylic acids is 1. The van der Waals surface area contributed by atoms with Crippen molar-refractivity contribution >= 4 is 17.8 Å². The van der Waals surface area contributed by atoms with Gasteiger partial charge in [0.25, 0.3) is 0 Å². The van der Waals surface area contributed by atoms with Gasteiger partial charge >= 0.3 is 18.2 Å². The smallest absolute Gasteiger partial charge is 0.437 e. The standard InChI is InChI=1S/C14H13F3N2O5/c1-6(20)9-10(7-2-4-8(5-3-7)11(21)22)18-12(23)19-13(9,24)14(15,16)17/h2-5,9-10,24H,1H3,(H,21,22)(H2,18,19,23)/t9-,10-,13-/m1/s1. The molecule has 2 amide bonds. The van der Waals surface area contributed by atoms with Crippen LogP contribution in [0.3, 0.4) is 0 Å². The molecule has 3 atom stereocenters. The first-order valence-electron chi connectivity index (χ1n) is 6.69. The minimum absolute atomic E-state index is 0.0534. The lowest BCUT2D eigenvalue weighted by molar-refractivity contribution is -0.290. The molecule has 1 aromatic rings. The molecule has 0 radical (unpaired) electrons. The number of halogens is 3. The van der Waals surface area contributed by atoms with Gasteiger partial charge in [-0.1, -0.05) is 12.1 Å². The van der Waals surface area contributed by atoms with Crippen molar-refractivity contribution in [2.24, 2.45) is 5.92 Å². The van der Waals surface area contributed by atoms with E-state index in [4.69, 9.17) is 5.11 Å². The number of aliphatic hydroxyl groups is 1. The summed E-state index contributed by atoms with van der Waals surface area (Å²) in [5.41, 5.74) is -3.81. The summed E-state index contributed by atoms with van der Waals surface area (Å²) in [7, 11) is 0. The maximum absolute atomic E-state index is 13.2. The molecule has 0 unspecified atom stereocenters. The van der Waals surface area contributed by atoms with Crippen LogP contribution in [0.15, 0.2) is 24.3 Å². The summed E-state index contributed by atoms with van der Waals surface area (Å²) >= 11 is 0. The molecule has 0 bridgehead atoms. The summed E-state index contributed by atoms with van der Waals surface area (Å²) in [5.74, 6) is -4.30. The number of aromatic carboxylic acids is 1. The van der Waals surface area contributed by atoms with Crippen LogP contribution < -0.4 is 10.6 Å². The Balaban J connectivity index is 2.52. The first-order valence-corrected chi connectivity index (χ1v) is 6.69. The van der Waals surface area contributed by atoms with Crippen molar-refractivity contribution in [1.82, 2.24) is 10.6 Å². The van der Waals surface area contributed by atoms with Gasteiger partial charge in [-0.3, -0.25) is 4.79 Å². The van der Waals surface area contributed by atoms with Gasteiger partial charge in [-0.05, 0) is 24.6 Å². The van der Waals surface area contributed by atoms with Crippen LogP contribution in [-0.2, 0) is 4.79 Å². The number of alkyl halides is 3. The zero-order valence-corrected chi connectivity index (χ0v) is 12.2. The molecule has 1 aliphatic heterocycles. The second-order valence-corrected chi connectivity index (χ2v) is 5.36. The molecule has 1 fully saturated rings. The maximum Gasteiger partial charge on any atom is 0.437 e. The third-order valence-electron chi connectivity index (χ3n) is 3.76. The second kappa shape index (κ2) is 5.78. The Labute approximate surface area is 133 Å². The van der Waals surface area contributed by atoms with Crippen molar-refractivity contribution in [3.05, 3.63) is 35.4 Å². The van der Waals surface area contributed by atoms with Crippen LogP contribution in [0, 0.1) is 5.92 Å². The quantitative estimate of drug-likeness (QED) is 0.656. The molecule has 2 rings (SSSR count). The van der Waals surface area contributed by atoms with Gasteiger partial charge in [0.15, 0.2) is 0 Å². The van der Waals surface area contributed by atoms with E-state index in [1.54, 1.807) is 0 Å². The summed E-state index contributed by atoms with van der Waals surface area (Å²) in [4.78, 5) is 34.2. The predicted molar refractivity (Wildman–Crippen MR) is 73.0 cm³/mol. The van der Waals surface area contributed by atoms with Gasteiger partial charge in [-0.25, -0.2) is 9.59 Å². The van der Waals surface area contributed by atoms with Crippen LogP contribution in [-0.4, -0.2) is 39.9 Å². The van der Waals surface area contributed by atoms with E-state index >= 15 is 0 Å². The first-order chi connectivity index (χ1) is 11.0. The topological polar surface area (TPSA) is 116 Å². The number of amides is 2. The van der Waals surface area contributed by atoms with E-state index in [1.165, 1.54) is 17.4 Å². The third-order valence-corrected chi connectivity index (χ3v) is 3.76. The van der Waals surface area contributed by atoms with Crippen LogP contribution in [0.1, 0.15) is 28.9 Å². The van der Waals surface area contributed by atoms with Crippen LogP contribution in [0.25, 0.3) is 0 Å². The molecule has 0 spiro atoms. The van der Waals surface area contributed by atoms with Crippen molar-refractivity contribution in [1.29, 1.82) is 0 Å². The number of urea groups is 1. The number of Topliss-reactive ketones (excluding diaryl/α,β-unsaturated/α-hetero) is 1. The van der Waals surface area contributed by atoms with Crippen molar-refractivity contribution in [2.45, 2.75) is 24.9 Å². The summed E-state index contributed by atoms with van der Waals surface area (Å²) in [5, 5.41) is 22.3. The lowest BCUT2D eigenvalue weighted by atomic mass is 9.79. The van der Waals surface area contributed by atoms with Crippen LogP contribution in [0.2, 0.25) is 0 Å². The molecule has 0 saturated carbocycles. The number of hydrogen-bond acceptors (Lipinski definition) is 4. The third kappa shape index (κ3) is 2.92. The fraction of sp³-hybridized carbons (Fsp3) is 0.357. The lowest BCUT2D eigenvalue weighted by Gasteiger charge is -2.44. The van der Waals surface area contributed by atoms with Gasteiger partial charge in [0, 0.05) is 0 Å². The summed E-state index contributed by atoms with van der Waals surface area (Å²) in [6, 6.07) is 1.80. The number of carbonyl (C=O) groups excluding carboxylic acids is 2. The highest BCUT2D eigenvalue weighted by atomic mass is 19.4. The minimum atomic E-state index is -5.29. The Morgan fingerprint density at radius 3 is 2.17 bits per heavy atom. The average Bonchev–Trinajstić information content (AvgIpc) is 2.44.